The number of nitrogens with zero attached hydrogens (tertiary/aromatic N) is 3. The van der Waals surface area contributed by atoms with E-state index in [0.29, 0.717) is 11.8 Å². The van der Waals surface area contributed by atoms with Crippen LogP contribution in [0.15, 0.2) is 34.9 Å². The number of aliphatic hydroxyl groups excluding tert-OH is 1. The summed E-state index contributed by atoms with van der Waals surface area (Å²) in [5.41, 5.74) is 1.02. The highest BCUT2D eigenvalue weighted by Gasteiger charge is 2.30. The fourth-order valence-corrected chi connectivity index (χ4v) is 3.28. The third-order valence-corrected chi connectivity index (χ3v) is 4.87. The normalized spacial score (nSPS) is 19.6. The van der Waals surface area contributed by atoms with Gasteiger partial charge in [-0.15, -0.1) is 0 Å². The van der Waals surface area contributed by atoms with Gasteiger partial charge in [0.1, 0.15) is 0 Å². The minimum absolute atomic E-state index is 0.137. The van der Waals surface area contributed by atoms with Crippen molar-refractivity contribution >= 4 is 0 Å². The Morgan fingerprint density at radius 3 is 2.57 bits per heavy atom. The van der Waals surface area contributed by atoms with Crippen molar-refractivity contribution in [1.29, 1.82) is 0 Å². The van der Waals surface area contributed by atoms with E-state index in [4.69, 9.17) is 4.52 Å². The predicted molar refractivity (Wildman–Crippen MR) is 87.8 cm³/mol. The molecule has 1 aromatic heterocycles. The molecule has 1 saturated heterocycles. The van der Waals surface area contributed by atoms with Crippen molar-refractivity contribution in [2.75, 3.05) is 13.1 Å². The summed E-state index contributed by atoms with van der Waals surface area (Å²) >= 11 is 0. The highest BCUT2D eigenvalue weighted by atomic mass is 16.5. The molecule has 23 heavy (non-hydrogen) atoms. The fourth-order valence-electron chi connectivity index (χ4n) is 3.28. The molecule has 1 aromatic carbocycles. The quantitative estimate of drug-likeness (QED) is 0.918. The number of benzene rings is 1. The zero-order valence-electron chi connectivity index (χ0n) is 13.9. The summed E-state index contributed by atoms with van der Waals surface area (Å²) in [4.78, 5) is 6.80. The minimum Gasteiger partial charge on any atom is -0.388 e. The average Bonchev–Trinajstić information content (AvgIpc) is 3.10. The van der Waals surface area contributed by atoms with Gasteiger partial charge < -0.3 is 9.63 Å². The Bertz CT molecular complexity index is 606. The van der Waals surface area contributed by atoms with E-state index in [1.165, 1.54) is 0 Å². The molecule has 3 rings (SSSR count). The summed E-state index contributed by atoms with van der Waals surface area (Å²) in [7, 11) is 0. The van der Waals surface area contributed by atoms with Gasteiger partial charge in [-0.3, -0.25) is 4.90 Å². The fraction of sp³-hybridized carbons (Fsp3) is 0.556. The summed E-state index contributed by atoms with van der Waals surface area (Å²) in [5, 5.41) is 14.5. The third-order valence-electron chi connectivity index (χ3n) is 4.87. The van der Waals surface area contributed by atoms with Crippen LogP contribution < -0.4 is 0 Å². The van der Waals surface area contributed by atoms with E-state index in [9.17, 15) is 5.11 Å². The molecule has 0 amide bonds. The lowest BCUT2D eigenvalue weighted by Gasteiger charge is -2.36. The molecule has 0 spiro atoms. The molecule has 1 aliphatic heterocycles. The van der Waals surface area contributed by atoms with E-state index in [1.807, 2.05) is 37.3 Å². The van der Waals surface area contributed by atoms with Crippen LogP contribution in [0.4, 0.5) is 0 Å². The van der Waals surface area contributed by atoms with Crippen LogP contribution >= 0.6 is 0 Å². The van der Waals surface area contributed by atoms with Crippen molar-refractivity contribution in [3.63, 3.8) is 0 Å². The summed E-state index contributed by atoms with van der Waals surface area (Å²) in [5.74, 6) is 1.78. The number of likely N-dealkylation sites (tertiary alicyclic amines) is 1. The van der Waals surface area contributed by atoms with Crippen molar-refractivity contribution in [2.24, 2.45) is 5.92 Å². The van der Waals surface area contributed by atoms with E-state index in [1.54, 1.807) is 0 Å². The van der Waals surface area contributed by atoms with E-state index in [2.05, 4.69) is 22.0 Å². The first-order valence-electron chi connectivity index (χ1n) is 8.48. The van der Waals surface area contributed by atoms with Crippen molar-refractivity contribution in [3.05, 3.63) is 47.6 Å². The van der Waals surface area contributed by atoms with Crippen LogP contribution in [0.1, 0.15) is 56.1 Å². The molecule has 2 atom stereocenters. The van der Waals surface area contributed by atoms with Gasteiger partial charge in [-0.2, -0.15) is 4.98 Å². The Hall–Kier alpha value is -1.72. The Kier molecular flexibility index (Phi) is 5.08. The first-order valence-corrected chi connectivity index (χ1v) is 8.48. The van der Waals surface area contributed by atoms with Crippen LogP contribution in [0.5, 0.6) is 0 Å². The number of piperidine rings is 1. The number of hydrogen-bond donors (Lipinski definition) is 1. The van der Waals surface area contributed by atoms with Gasteiger partial charge in [0, 0.05) is 6.42 Å². The van der Waals surface area contributed by atoms with Crippen LogP contribution in [0, 0.1) is 5.92 Å². The maximum atomic E-state index is 10.6. The van der Waals surface area contributed by atoms with Gasteiger partial charge in [-0.05, 0) is 44.3 Å². The number of aliphatic hydroxyl groups is 1. The second kappa shape index (κ2) is 7.23. The molecule has 2 heterocycles. The molecule has 5 nitrogen and oxygen atoms in total. The molecular formula is C18H25N3O2. The molecule has 124 valence electrons. The SMILES string of the molecule is CCc1noc(C(C)N2CCC(C(O)c3ccccc3)CC2)n1. The van der Waals surface area contributed by atoms with Gasteiger partial charge in [-0.1, -0.05) is 42.4 Å². The Morgan fingerprint density at radius 2 is 1.96 bits per heavy atom. The van der Waals surface area contributed by atoms with Gasteiger partial charge in [0.05, 0.1) is 12.1 Å². The van der Waals surface area contributed by atoms with E-state index in [0.717, 1.165) is 43.7 Å². The maximum Gasteiger partial charge on any atom is 0.243 e. The Balaban J connectivity index is 1.57. The third kappa shape index (κ3) is 3.62. The zero-order valence-corrected chi connectivity index (χ0v) is 13.9. The van der Waals surface area contributed by atoms with Gasteiger partial charge in [-0.25, -0.2) is 0 Å². The first-order chi connectivity index (χ1) is 11.2. The number of hydrogen-bond acceptors (Lipinski definition) is 5. The molecule has 0 bridgehead atoms. The predicted octanol–water partition coefficient (Wildman–Crippen LogP) is 3.14. The monoisotopic (exact) mass is 315 g/mol. The Morgan fingerprint density at radius 1 is 1.26 bits per heavy atom. The minimum atomic E-state index is -0.372. The van der Waals surface area contributed by atoms with Crippen LogP contribution in [0.3, 0.4) is 0 Å². The average molecular weight is 315 g/mol. The van der Waals surface area contributed by atoms with Crippen LogP contribution in [-0.2, 0) is 6.42 Å². The van der Waals surface area contributed by atoms with Crippen LogP contribution in [0.2, 0.25) is 0 Å². The summed E-state index contributed by atoms with van der Waals surface area (Å²) in [6.07, 6.45) is 2.38. The molecular weight excluding hydrogens is 290 g/mol. The summed E-state index contributed by atoms with van der Waals surface area (Å²) in [6.45, 7) is 6.02. The second-order valence-corrected chi connectivity index (χ2v) is 6.31. The maximum absolute atomic E-state index is 10.6. The summed E-state index contributed by atoms with van der Waals surface area (Å²) in [6, 6.07) is 10.1. The lowest BCUT2D eigenvalue weighted by molar-refractivity contribution is 0.0420. The molecule has 1 N–H and O–H groups in total. The number of rotatable bonds is 5. The van der Waals surface area contributed by atoms with Crippen molar-refractivity contribution in [1.82, 2.24) is 15.0 Å². The second-order valence-electron chi connectivity index (χ2n) is 6.31. The van der Waals surface area contributed by atoms with Crippen LogP contribution in [-0.4, -0.2) is 33.2 Å². The highest BCUT2D eigenvalue weighted by Crippen LogP contribution is 2.33. The van der Waals surface area contributed by atoms with Crippen molar-refractivity contribution in [2.45, 2.75) is 45.3 Å². The molecule has 0 aliphatic carbocycles. The van der Waals surface area contributed by atoms with Crippen molar-refractivity contribution < 1.29 is 9.63 Å². The standard InChI is InChI=1S/C18H25N3O2/c1-3-16-19-18(23-20-16)13(2)21-11-9-15(10-12-21)17(22)14-7-5-4-6-8-14/h4-8,13,15,17,22H,3,9-12H2,1-2H3. The smallest absolute Gasteiger partial charge is 0.243 e. The van der Waals surface area contributed by atoms with E-state index >= 15 is 0 Å². The highest BCUT2D eigenvalue weighted by molar-refractivity contribution is 5.18. The molecule has 2 aromatic rings. The van der Waals surface area contributed by atoms with Gasteiger partial charge in [0.25, 0.3) is 0 Å². The lowest BCUT2D eigenvalue weighted by atomic mass is 9.87. The lowest BCUT2D eigenvalue weighted by Crippen LogP contribution is -2.37. The van der Waals surface area contributed by atoms with E-state index < -0.39 is 0 Å². The zero-order chi connectivity index (χ0) is 16.2. The topological polar surface area (TPSA) is 62.4 Å². The van der Waals surface area contributed by atoms with E-state index in [-0.39, 0.29) is 12.1 Å². The molecule has 0 saturated carbocycles. The number of aromatic nitrogens is 2. The molecule has 2 unspecified atom stereocenters. The Labute approximate surface area is 137 Å². The molecule has 1 fully saturated rings. The molecule has 1 aliphatic rings. The molecule has 0 radical (unpaired) electrons. The van der Waals surface area contributed by atoms with Gasteiger partial charge in [0.15, 0.2) is 5.82 Å². The first kappa shape index (κ1) is 16.1. The van der Waals surface area contributed by atoms with Gasteiger partial charge in [0.2, 0.25) is 5.89 Å². The largest absolute Gasteiger partial charge is 0.388 e. The van der Waals surface area contributed by atoms with Crippen LogP contribution in [0.25, 0.3) is 0 Å². The summed E-state index contributed by atoms with van der Waals surface area (Å²) < 4.78 is 5.36. The van der Waals surface area contributed by atoms with Gasteiger partial charge >= 0.3 is 0 Å². The van der Waals surface area contributed by atoms with Crippen molar-refractivity contribution in [3.8, 4) is 0 Å². The number of aryl methyl sites for hydroxylation is 1. The molecule has 5 heteroatoms.